The van der Waals surface area contributed by atoms with Gasteiger partial charge in [0, 0.05) is 11.4 Å². The zero-order chi connectivity index (χ0) is 20.7. The number of rotatable bonds is 4. The Labute approximate surface area is 171 Å². The number of carbonyl (C=O) groups excluding carboxylic acids is 3. The van der Waals surface area contributed by atoms with E-state index in [0.29, 0.717) is 11.4 Å². The fraction of sp³-hybridized carbons (Fsp3) is 0.238. The second-order valence-electron chi connectivity index (χ2n) is 7.05. The lowest BCUT2D eigenvalue weighted by molar-refractivity contribution is -0.130. The summed E-state index contributed by atoms with van der Waals surface area (Å²) in [5.41, 5.74) is 3.17. The van der Waals surface area contributed by atoms with Crippen molar-refractivity contribution in [2.45, 2.75) is 26.8 Å². The highest BCUT2D eigenvalue weighted by Crippen LogP contribution is 2.27. The topological polar surface area (TPSA) is 82.6 Å². The summed E-state index contributed by atoms with van der Waals surface area (Å²) in [7, 11) is 0. The maximum atomic E-state index is 12.8. The molecule has 1 aromatic heterocycles. The van der Waals surface area contributed by atoms with Crippen molar-refractivity contribution < 1.29 is 14.4 Å². The number of aryl methyl sites for hydroxylation is 2. The molecule has 1 fully saturated rings. The Kier molecular flexibility index (Phi) is 4.79. The molecular weight excluding hydrogens is 388 g/mol. The van der Waals surface area contributed by atoms with Crippen molar-refractivity contribution in [3.05, 3.63) is 53.0 Å². The Morgan fingerprint density at radius 2 is 1.86 bits per heavy atom. The lowest BCUT2D eigenvalue weighted by Crippen LogP contribution is -2.39. The van der Waals surface area contributed by atoms with Crippen LogP contribution in [0.3, 0.4) is 0 Å². The summed E-state index contributed by atoms with van der Waals surface area (Å²) in [6, 6.07) is 11.6. The molecule has 1 aliphatic rings. The van der Waals surface area contributed by atoms with Crippen LogP contribution in [-0.2, 0) is 9.59 Å². The van der Waals surface area contributed by atoms with Crippen molar-refractivity contribution in [1.82, 2.24) is 9.88 Å². The smallest absolute Gasteiger partial charge is 0.324 e. The van der Waals surface area contributed by atoms with Crippen LogP contribution >= 0.6 is 11.3 Å². The summed E-state index contributed by atoms with van der Waals surface area (Å²) >= 11 is 1.54. The van der Waals surface area contributed by atoms with Crippen molar-refractivity contribution in [3.8, 4) is 0 Å². The molecule has 0 radical (unpaired) electrons. The SMILES string of the molecule is Cc1ccc(N2C(=O)N(CC(=O)Nc3ccc4nc(C)sc4c3)C(=O)[C@H]2C)cc1. The molecule has 0 spiro atoms. The molecule has 2 heterocycles. The van der Waals surface area contributed by atoms with Crippen LogP contribution in [0.15, 0.2) is 42.5 Å². The molecule has 1 atom stereocenters. The molecule has 0 bridgehead atoms. The average molecular weight is 408 g/mol. The lowest BCUT2D eigenvalue weighted by atomic mass is 10.2. The minimum absolute atomic E-state index is 0.329. The van der Waals surface area contributed by atoms with Crippen LogP contribution in [0.2, 0.25) is 0 Å². The predicted octanol–water partition coefficient (Wildman–Crippen LogP) is 3.71. The van der Waals surface area contributed by atoms with Gasteiger partial charge in [0.05, 0.1) is 15.2 Å². The number of hydrogen-bond acceptors (Lipinski definition) is 5. The van der Waals surface area contributed by atoms with Crippen LogP contribution in [0.4, 0.5) is 16.2 Å². The van der Waals surface area contributed by atoms with Gasteiger partial charge in [0.15, 0.2) is 0 Å². The van der Waals surface area contributed by atoms with Crippen molar-refractivity contribution in [3.63, 3.8) is 0 Å². The zero-order valence-electron chi connectivity index (χ0n) is 16.3. The predicted molar refractivity (Wildman–Crippen MR) is 113 cm³/mol. The van der Waals surface area contributed by atoms with Gasteiger partial charge < -0.3 is 5.32 Å². The number of anilines is 2. The number of urea groups is 1. The number of benzene rings is 2. The van der Waals surface area contributed by atoms with Gasteiger partial charge in [-0.25, -0.2) is 9.78 Å². The zero-order valence-corrected chi connectivity index (χ0v) is 17.1. The second-order valence-corrected chi connectivity index (χ2v) is 8.29. The number of hydrogen-bond donors (Lipinski definition) is 1. The van der Waals surface area contributed by atoms with Crippen molar-refractivity contribution in [2.24, 2.45) is 0 Å². The highest BCUT2D eigenvalue weighted by atomic mass is 32.1. The van der Waals surface area contributed by atoms with Gasteiger partial charge in [-0.15, -0.1) is 11.3 Å². The molecule has 8 heteroatoms. The molecule has 3 aromatic rings. The first-order chi connectivity index (χ1) is 13.8. The third-order valence-corrected chi connectivity index (χ3v) is 5.77. The molecule has 1 saturated heterocycles. The summed E-state index contributed by atoms with van der Waals surface area (Å²) in [5.74, 6) is -0.815. The van der Waals surface area contributed by atoms with Gasteiger partial charge >= 0.3 is 6.03 Å². The van der Waals surface area contributed by atoms with E-state index in [4.69, 9.17) is 0 Å². The maximum Gasteiger partial charge on any atom is 0.332 e. The van der Waals surface area contributed by atoms with Gasteiger partial charge in [-0.2, -0.15) is 0 Å². The van der Waals surface area contributed by atoms with Crippen LogP contribution in [0, 0.1) is 13.8 Å². The van der Waals surface area contributed by atoms with Crippen LogP contribution < -0.4 is 10.2 Å². The number of nitrogens with zero attached hydrogens (tertiary/aromatic N) is 3. The number of aromatic nitrogens is 1. The van der Waals surface area contributed by atoms with Crippen LogP contribution in [0.5, 0.6) is 0 Å². The Balaban J connectivity index is 1.48. The number of amides is 4. The van der Waals surface area contributed by atoms with Gasteiger partial charge in [-0.05, 0) is 51.1 Å². The summed E-state index contributed by atoms with van der Waals surface area (Å²) in [4.78, 5) is 44.7. The Bertz CT molecular complexity index is 1120. The molecule has 0 saturated carbocycles. The van der Waals surface area contributed by atoms with Gasteiger partial charge in [-0.3, -0.25) is 19.4 Å². The first-order valence-electron chi connectivity index (χ1n) is 9.22. The quantitative estimate of drug-likeness (QED) is 0.667. The van der Waals surface area contributed by atoms with Gasteiger partial charge in [0.1, 0.15) is 12.6 Å². The summed E-state index contributed by atoms with van der Waals surface area (Å²) in [6.07, 6.45) is 0. The third kappa shape index (κ3) is 3.58. The molecular formula is C21H20N4O3S. The Morgan fingerprint density at radius 1 is 1.14 bits per heavy atom. The summed E-state index contributed by atoms with van der Waals surface area (Å²) in [6.45, 7) is 5.21. The fourth-order valence-corrected chi connectivity index (χ4v) is 4.24. The molecule has 2 aromatic carbocycles. The number of thiazole rings is 1. The molecule has 0 aliphatic carbocycles. The number of fused-ring (bicyclic) bond motifs is 1. The van der Waals surface area contributed by atoms with Crippen molar-refractivity contribution in [2.75, 3.05) is 16.8 Å². The first kappa shape index (κ1) is 19.1. The summed E-state index contributed by atoms with van der Waals surface area (Å²) < 4.78 is 0.966. The first-order valence-corrected chi connectivity index (χ1v) is 10.0. The second kappa shape index (κ2) is 7.29. The average Bonchev–Trinajstić information content (AvgIpc) is 3.14. The highest BCUT2D eigenvalue weighted by Gasteiger charge is 2.44. The van der Waals surface area contributed by atoms with E-state index >= 15 is 0 Å². The molecule has 4 amide bonds. The molecule has 1 N–H and O–H groups in total. The fourth-order valence-electron chi connectivity index (χ4n) is 3.37. The molecule has 29 heavy (non-hydrogen) atoms. The van der Waals surface area contributed by atoms with E-state index < -0.39 is 18.0 Å². The van der Waals surface area contributed by atoms with Crippen molar-refractivity contribution >= 4 is 50.8 Å². The maximum absolute atomic E-state index is 12.8. The van der Waals surface area contributed by atoms with Crippen LogP contribution in [0.25, 0.3) is 10.2 Å². The Hall–Kier alpha value is -3.26. The lowest BCUT2D eigenvalue weighted by Gasteiger charge is -2.19. The van der Waals surface area contributed by atoms with Crippen LogP contribution in [0.1, 0.15) is 17.5 Å². The van der Waals surface area contributed by atoms with E-state index in [2.05, 4.69) is 10.3 Å². The molecule has 7 nitrogen and oxygen atoms in total. The van der Waals surface area contributed by atoms with E-state index in [9.17, 15) is 14.4 Å². The van der Waals surface area contributed by atoms with Gasteiger partial charge in [0.2, 0.25) is 5.91 Å². The summed E-state index contributed by atoms with van der Waals surface area (Å²) in [5, 5.41) is 3.71. The van der Waals surface area contributed by atoms with E-state index in [0.717, 1.165) is 25.7 Å². The highest BCUT2D eigenvalue weighted by molar-refractivity contribution is 7.18. The molecule has 4 rings (SSSR count). The standard InChI is InChI=1S/C21H20N4O3S/c1-12-4-7-16(8-5-12)25-13(2)20(27)24(21(25)28)11-19(26)23-15-6-9-17-18(10-15)29-14(3)22-17/h4-10,13H,11H2,1-3H3,(H,23,26)/t13-/m1/s1. The largest absolute Gasteiger partial charge is 0.332 e. The van der Waals surface area contributed by atoms with E-state index in [1.54, 1.807) is 25.1 Å². The number of nitrogens with one attached hydrogen (secondary N) is 1. The monoisotopic (exact) mass is 408 g/mol. The van der Waals surface area contributed by atoms with E-state index in [1.165, 1.54) is 16.2 Å². The van der Waals surface area contributed by atoms with E-state index in [1.807, 2.05) is 38.1 Å². The van der Waals surface area contributed by atoms with E-state index in [-0.39, 0.29) is 12.5 Å². The number of imide groups is 1. The molecule has 0 unspecified atom stereocenters. The Morgan fingerprint density at radius 3 is 2.59 bits per heavy atom. The third-order valence-electron chi connectivity index (χ3n) is 4.84. The number of carbonyl (C=O) groups is 3. The van der Waals surface area contributed by atoms with Crippen LogP contribution in [-0.4, -0.2) is 40.3 Å². The molecule has 148 valence electrons. The minimum atomic E-state index is -0.658. The normalized spacial score (nSPS) is 16.7. The minimum Gasteiger partial charge on any atom is -0.324 e. The van der Waals surface area contributed by atoms with Gasteiger partial charge in [0.25, 0.3) is 5.91 Å². The molecule has 1 aliphatic heterocycles. The van der Waals surface area contributed by atoms with Crippen molar-refractivity contribution in [1.29, 1.82) is 0 Å². The van der Waals surface area contributed by atoms with Gasteiger partial charge in [-0.1, -0.05) is 17.7 Å².